The van der Waals surface area contributed by atoms with Crippen molar-refractivity contribution in [1.29, 1.82) is 0 Å². The number of carbonyl (C=O) groups excluding carboxylic acids is 2. The molecule has 0 saturated carbocycles. The number of anilines is 1. The molecule has 1 saturated heterocycles. The van der Waals surface area contributed by atoms with Gasteiger partial charge in [-0.05, 0) is 63.3 Å². The number of ether oxygens (including phenoxy) is 2. The minimum atomic E-state index is -0.831. The van der Waals surface area contributed by atoms with E-state index in [4.69, 9.17) is 9.47 Å². The lowest BCUT2D eigenvalue weighted by atomic mass is 9.97. The summed E-state index contributed by atoms with van der Waals surface area (Å²) in [7, 11) is 0. The Labute approximate surface area is 174 Å². The molecule has 1 aliphatic rings. The minimum Gasteiger partial charge on any atom is -0.484 e. The first-order valence-electron chi connectivity index (χ1n) is 10.9. The van der Waals surface area contributed by atoms with Gasteiger partial charge in [0.05, 0.1) is 0 Å². The molecule has 0 unspecified atom stereocenters. The Morgan fingerprint density at radius 1 is 1.07 bits per heavy atom. The Morgan fingerprint density at radius 2 is 1.76 bits per heavy atom. The van der Waals surface area contributed by atoms with Crippen LogP contribution in [0, 0.1) is 0 Å². The third-order valence-corrected chi connectivity index (χ3v) is 5.30. The maximum absolute atomic E-state index is 12.8. The highest BCUT2D eigenvalue weighted by molar-refractivity contribution is 5.97. The average molecular weight is 405 g/mol. The van der Waals surface area contributed by atoms with Crippen molar-refractivity contribution < 1.29 is 19.1 Å². The summed E-state index contributed by atoms with van der Waals surface area (Å²) in [5.41, 5.74) is -0.144. The Balaban J connectivity index is 1.87. The van der Waals surface area contributed by atoms with Crippen LogP contribution in [0.15, 0.2) is 24.3 Å². The Morgan fingerprint density at radius 3 is 2.38 bits per heavy atom. The molecule has 1 atom stereocenters. The van der Waals surface area contributed by atoms with E-state index in [1.54, 1.807) is 24.3 Å². The quantitative estimate of drug-likeness (QED) is 0.594. The number of hydrogen-bond donors (Lipinski definition) is 1. The van der Waals surface area contributed by atoms with E-state index in [0.29, 0.717) is 24.5 Å². The van der Waals surface area contributed by atoms with Gasteiger partial charge in [-0.15, -0.1) is 0 Å². The molecule has 0 radical (unpaired) electrons. The molecule has 0 spiro atoms. The molecule has 1 heterocycles. The van der Waals surface area contributed by atoms with Crippen molar-refractivity contribution in [3.63, 3.8) is 0 Å². The molecule has 0 bridgehead atoms. The largest absolute Gasteiger partial charge is 0.484 e. The molecule has 1 aliphatic heterocycles. The maximum Gasteiger partial charge on any atom is 0.260 e. The van der Waals surface area contributed by atoms with E-state index in [0.717, 1.165) is 45.2 Å². The second kappa shape index (κ2) is 11.8. The van der Waals surface area contributed by atoms with E-state index >= 15 is 0 Å². The van der Waals surface area contributed by atoms with E-state index in [1.807, 2.05) is 18.7 Å². The first kappa shape index (κ1) is 23.2. The highest BCUT2D eigenvalue weighted by Crippen LogP contribution is 2.23. The maximum atomic E-state index is 12.8. The van der Waals surface area contributed by atoms with Crippen molar-refractivity contribution in [1.82, 2.24) is 4.90 Å². The van der Waals surface area contributed by atoms with Gasteiger partial charge in [0.2, 0.25) is 0 Å². The first-order valence-corrected chi connectivity index (χ1v) is 10.9. The number of unbranched alkanes of at least 4 members (excludes halogenated alkanes) is 1. The van der Waals surface area contributed by atoms with Gasteiger partial charge in [0.25, 0.3) is 11.8 Å². The van der Waals surface area contributed by atoms with Crippen molar-refractivity contribution in [2.24, 2.45) is 0 Å². The fourth-order valence-electron chi connectivity index (χ4n) is 3.37. The standard InChI is InChI=1S/C23H36N2O4/c1-4-6-14-23(3,29-17-5-2)22(27)24-19-10-12-20(13-11-19)28-18-21(26)25-15-8-7-9-16-25/h10-13H,4-9,14-18H2,1-3H3,(H,24,27)/t23-/m1/s1. The lowest BCUT2D eigenvalue weighted by Crippen LogP contribution is -2.43. The van der Waals surface area contributed by atoms with Crippen LogP contribution < -0.4 is 10.1 Å². The number of nitrogens with one attached hydrogen (secondary N) is 1. The van der Waals surface area contributed by atoms with Crippen molar-refractivity contribution >= 4 is 17.5 Å². The van der Waals surface area contributed by atoms with E-state index < -0.39 is 5.60 Å². The molecule has 0 aliphatic carbocycles. The van der Waals surface area contributed by atoms with Crippen LogP contribution in [0.2, 0.25) is 0 Å². The molecule has 2 rings (SSSR count). The molecule has 2 amide bonds. The van der Waals surface area contributed by atoms with E-state index in [-0.39, 0.29) is 18.4 Å². The summed E-state index contributed by atoms with van der Waals surface area (Å²) in [6, 6.07) is 7.13. The average Bonchev–Trinajstić information content (AvgIpc) is 2.76. The summed E-state index contributed by atoms with van der Waals surface area (Å²) in [6.45, 7) is 8.25. The fraction of sp³-hybridized carbons (Fsp3) is 0.652. The Hall–Kier alpha value is -2.08. The van der Waals surface area contributed by atoms with Crippen LogP contribution in [0.5, 0.6) is 5.75 Å². The lowest BCUT2D eigenvalue weighted by molar-refractivity contribution is -0.140. The van der Waals surface area contributed by atoms with Gasteiger partial charge in [-0.1, -0.05) is 26.7 Å². The van der Waals surface area contributed by atoms with Gasteiger partial charge in [-0.2, -0.15) is 0 Å². The van der Waals surface area contributed by atoms with Crippen LogP contribution in [0.4, 0.5) is 5.69 Å². The molecule has 162 valence electrons. The van der Waals surface area contributed by atoms with Crippen molar-refractivity contribution in [3.05, 3.63) is 24.3 Å². The predicted molar refractivity (Wildman–Crippen MR) is 115 cm³/mol. The summed E-state index contributed by atoms with van der Waals surface area (Å²) in [5.74, 6) is 0.513. The second-order valence-electron chi connectivity index (χ2n) is 7.89. The predicted octanol–water partition coefficient (Wildman–Crippen LogP) is 4.39. The number of hydrogen-bond acceptors (Lipinski definition) is 4. The van der Waals surface area contributed by atoms with Gasteiger partial charge in [-0.25, -0.2) is 0 Å². The number of benzene rings is 1. The molecule has 1 aromatic rings. The van der Waals surface area contributed by atoms with Crippen LogP contribution >= 0.6 is 0 Å². The topological polar surface area (TPSA) is 67.9 Å². The number of amides is 2. The SMILES string of the molecule is CCCC[C@@](C)(OCCC)C(=O)Nc1ccc(OCC(=O)N2CCCCC2)cc1. The number of rotatable bonds is 11. The Bertz CT molecular complexity index is 631. The molecule has 1 aromatic carbocycles. The van der Waals surface area contributed by atoms with E-state index in [1.165, 1.54) is 6.42 Å². The minimum absolute atomic E-state index is 0.0295. The molecule has 0 aromatic heterocycles. The van der Waals surface area contributed by atoms with Crippen LogP contribution in [-0.2, 0) is 14.3 Å². The van der Waals surface area contributed by atoms with Crippen LogP contribution in [0.25, 0.3) is 0 Å². The molecule has 6 nitrogen and oxygen atoms in total. The van der Waals surface area contributed by atoms with Crippen molar-refractivity contribution in [2.75, 3.05) is 31.6 Å². The number of nitrogens with zero attached hydrogens (tertiary/aromatic N) is 1. The fourth-order valence-corrected chi connectivity index (χ4v) is 3.37. The summed E-state index contributed by atoms with van der Waals surface area (Å²) in [6.07, 6.45) is 6.84. The highest BCUT2D eigenvalue weighted by atomic mass is 16.5. The number of likely N-dealkylation sites (tertiary alicyclic amines) is 1. The Kier molecular flexibility index (Phi) is 9.45. The second-order valence-corrected chi connectivity index (χ2v) is 7.89. The zero-order valence-corrected chi connectivity index (χ0v) is 18.2. The third kappa shape index (κ3) is 7.35. The normalized spacial score (nSPS) is 16.2. The molecule has 1 fully saturated rings. The van der Waals surface area contributed by atoms with Gasteiger partial charge >= 0.3 is 0 Å². The number of piperidine rings is 1. The van der Waals surface area contributed by atoms with Gasteiger partial charge in [0, 0.05) is 25.4 Å². The summed E-state index contributed by atoms with van der Waals surface area (Å²) in [4.78, 5) is 26.9. The summed E-state index contributed by atoms with van der Waals surface area (Å²) < 4.78 is 11.5. The monoisotopic (exact) mass is 404 g/mol. The van der Waals surface area contributed by atoms with Gasteiger partial charge in [0.1, 0.15) is 11.4 Å². The summed E-state index contributed by atoms with van der Waals surface area (Å²) >= 11 is 0. The first-order chi connectivity index (χ1) is 14.0. The van der Waals surface area contributed by atoms with Crippen LogP contribution in [0.1, 0.15) is 65.7 Å². The van der Waals surface area contributed by atoms with Gasteiger partial charge < -0.3 is 19.7 Å². The smallest absolute Gasteiger partial charge is 0.260 e. The molecule has 1 N–H and O–H groups in total. The van der Waals surface area contributed by atoms with Crippen LogP contribution in [-0.4, -0.2) is 48.6 Å². The van der Waals surface area contributed by atoms with E-state index in [9.17, 15) is 9.59 Å². The van der Waals surface area contributed by atoms with Crippen molar-refractivity contribution in [3.8, 4) is 5.75 Å². The zero-order valence-electron chi connectivity index (χ0n) is 18.2. The number of carbonyl (C=O) groups is 2. The highest BCUT2D eigenvalue weighted by Gasteiger charge is 2.33. The third-order valence-electron chi connectivity index (χ3n) is 5.30. The van der Waals surface area contributed by atoms with Crippen LogP contribution in [0.3, 0.4) is 0 Å². The van der Waals surface area contributed by atoms with Gasteiger partial charge in [0.15, 0.2) is 6.61 Å². The van der Waals surface area contributed by atoms with Crippen molar-refractivity contribution in [2.45, 2.75) is 71.3 Å². The molecular formula is C23H36N2O4. The zero-order chi connectivity index (χ0) is 21.1. The summed E-state index contributed by atoms with van der Waals surface area (Å²) in [5, 5.41) is 2.95. The molecule has 6 heteroatoms. The van der Waals surface area contributed by atoms with Gasteiger partial charge in [-0.3, -0.25) is 9.59 Å². The lowest BCUT2D eigenvalue weighted by Gasteiger charge is -2.28. The van der Waals surface area contributed by atoms with E-state index in [2.05, 4.69) is 12.2 Å². The molecule has 29 heavy (non-hydrogen) atoms. The molecular weight excluding hydrogens is 368 g/mol.